The average molecular weight is 484 g/mol. The van der Waals surface area contributed by atoms with Gasteiger partial charge in [-0.1, -0.05) is 38.8 Å². The highest BCUT2D eigenvalue weighted by molar-refractivity contribution is 14.0. The SMILES string of the molecule is CN=C(NCc1ccc(NC(=O)C(C)C)cc1)N1CCC2(CCCC2)C1.I. The Labute approximate surface area is 180 Å². The van der Waals surface area contributed by atoms with E-state index in [2.05, 4.69) is 32.7 Å². The molecule has 1 saturated heterocycles. The molecular weight excluding hydrogens is 451 g/mol. The van der Waals surface area contributed by atoms with Crippen molar-refractivity contribution >= 4 is 41.5 Å². The minimum absolute atomic E-state index is 0. The molecule has 1 amide bonds. The molecule has 1 aliphatic carbocycles. The fourth-order valence-corrected chi connectivity index (χ4v) is 4.15. The maximum Gasteiger partial charge on any atom is 0.226 e. The van der Waals surface area contributed by atoms with Crippen LogP contribution in [0.3, 0.4) is 0 Å². The monoisotopic (exact) mass is 484 g/mol. The van der Waals surface area contributed by atoms with Crippen molar-refractivity contribution in [1.82, 2.24) is 10.2 Å². The van der Waals surface area contributed by atoms with Gasteiger partial charge in [-0.05, 0) is 42.4 Å². The van der Waals surface area contributed by atoms with Crippen molar-refractivity contribution in [3.63, 3.8) is 0 Å². The van der Waals surface area contributed by atoms with Crippen LogP contribution in [0.25, 0.3) is 0 Å². The molecule has 3 rings (SSSR count). The van der Waals surface area contributed by atoms with Crippen LogP contribution in [0.1, 0.15) is 51.5 Å². The summed E-state index contributed by atoms with van der Waals surface area (Å²) < 4.78 is 0. The van der Waals surface area contributed by atoms with Gasteiger partial charge in [-0.2, -0.15) is 0 Å². The lowest BCUT2D eigenvalue weighted by Crippen LogP contribution is -2.40. The molecule has 1 aromatic rings. The van der Waals surface area contributed by atoms with Crippen molar-refractivity contribution in [2.24, 2.45) is 16.3 Å². The van der Waals surface area contributed by atoms with Gasteiger partial charge >= 0.3 is 0 Å². The number of rotatable bonds is 4. The lowest BCUT2D eigenvalue weighted by atomic mass is 9.86. The maximum atomic E-state index is 11.8. The lowest BCUT2D eigenvalue weighted by molar-refractivity contribution is -0.118. The van der Waals surface area contributed by atoms with E-state index in [4.69, 9.17) is 0 Å². The van der Waals surface area contributed by atoms with E-state index < -0.39 is 0 Å². The van der Waals surface area contributed by atoms with E-state index in [9.17, 15) is 4.79 Å². The highest BCUT2D eigenvalue weighted by Gasteiger charge is 2.41. The van der Waals surface area contributed by atoms with Gasteiger partial charge in [-0.25, -0.2) is 0 Å². The van der Waals surface area contributed by atoms with Crippen molar-refractivity contribution in [2.45, 2.75) is 52.5 Å². The number of benzene rings is 1. The quantitative estimate of drug-likeness (QED) is 0.382. The number of hydrogen-bond donors (Lipinski definition) is 2. The van der Waals surface area contributed by atoms with E-state index in [1.54, 1.807) is 0 Å². The minimum Gasteiger partial charge on any atom is -0.352 e. The number of aliphatic imine (C=N–C) groups is 1. The topological polar surface area (TPSA) is 56.7 Å². The highest BCUT2D eigenvalue weighted by atomic mass is 127. The van der Waals surface area contributed by atoms with Gasteiger partial charge in [-0.15, -0.1) is 24.0 Å². The summed E-state index contributed by atoms with van der Waals surface area (Å²) in [6, 6.07) is 8.03. The van der Waals surface area contributed by atoms with Crippen molar-refractivity contribution < 1.29 is 4.79 Å². The second kappa shape index (κ2) is 9.75. The Hall–Kier alpha value is -1.31. The molecule has 1 spiro atoms. The Balaban J connectivity index is 0.00000261. The number of carbonyl (C=O) groups excluding carboxylic acids is 1. The van der Waals surface area contributed by atoms with E-state index in [-0.39, 0.29) is 35.8 Å². The third-order valence-corrected chi connectivity index (χ3v) is 5.81. The standard InChI is InChI=1S/C21H32N4O.HI/c1-16(2)19(26)24-18-8-6-17(7-9-18)14-23-20(22-3)25-13-12-21(15-25)10-4-5-11-21;/h6-9,16H,4-5,10-15H2,1-3H3,(H,22,23)(H,24,26);1H. The van der Waals surface area contributed by atoms with Gasteiger partial charge in [0.2, 0.25) is 5.91 Å². The predicted octanol–water partition coefficient (Wildman–Crippen LogP) is 4.24. The van der Waals surface area contributed by atoms with Crippen LogP contribution >= 0.6 is 24.0 Å². The van der Waals surface area contributed by atoms with Crippen LogP contribution in [0.15, 0.2) is 29.3 Å². The molecule has 1 heterocycles. The molecular formula is C21H33IN4O. The molecule has 5 nitrogen and oxygen atoms in total. The van der Waals surface area contributed by atoms with Crippen LogP contribution < -0.4 is 10.6 Å². The van der Waals surface area contributed by atoms with Gasteiger partial charge < -0.3 is 15.5 Å². The van der Waals surface area contributed by atoms with Crippen molar-refractivity contribution in [3.8, 4) is 0 Å². The minimum atomic E-state index is -0.0108. The number of hydrogen-bond acceptors (Lipinski definition) is 2. The highest BCUT2D eigenvalue weighted by Crippen LogP contribution is 2.45. The number of nitrogens with one attached hydrogen (secondary N) is 2. The summed E-state index contributed by atoms with van der Waals surface area (Å²) in [6.07, 6.45) is 6.84. The first-order valence-electron chi connectivity index (χ1n) is 9.87. The summed E-state index contributed by atoms with van der Waals surface area (Å²) in [4.78, 5) is 18.7. The van der Waals surface area contributed by atoms with E-state index in [0.29, 0.717) is 5.41 Å². The first kappa shape index (κ1) is 22.0. The molecule has 2 N–H and O–H groups in total. The summed E-state index contributed by atoms with van der Waals surface area (Å²) in [6.45, 7) is 6.79. The number of amides is 1. The molecule has 0 radical (unpaired) electrons. The summed E-state index contributed by atoms with van der Waals surface area (Å²) in [5.41, 5.74) is 2.58. The maximum absolute atomic E-state index is 11.8. The van der Waals surface area contributed by atoms with Gasteiger partial charge in [-0.3, -0.25) is 9.79 Å². The zero-order chi connectivity index (χ0) is 18.6. The first-order chi connectivity index (χ1) is 12.5. The number of halogens is 1. The first-order valence-corrected chi connectivity index (χ1v) is 9.87. The van der Waals surface area contributed by atoms with Gasteiger partial charge in [0.05, 0.1) is 0 Å². The molecule has 27 heavy (non-hydrogen) atoms. The molecule has 0 bridgehead atoms. The molecule has 150 valence electrons. The van der Waals surface area contributed by atoms with Gasteiger partial charge in [0.15, 0.2) is 5.96 Å². The van der Waals surface area contributed by atoms with Crippen LogP contribution in [-0.2, 0) is 11.3 Å². The molecule has 1 saturated carbocycles. The molecule has 2 aliphatic rings. The van der Waals surface area contributed by atoms with Gasteiger partial charge in [0.1, 0.15) is 0 Å². The van der Waals surface area contributed by atoms with Crippen molar-refractivity contribution in [3.05, 3.63) is 29.8 Å². The van der Waals surface area contributed by atoms with Crippen LogP contribution in [0.5, 0.6) is 0 Å². The Morgan fingerprint density at radius 1 is 1.19 bits per heavy atom. The number of likely N-dealkylation sites (tertiary alicyclic amines) is 1. The average Bonchev–Trinajstić information content (AvgIpc) is 3.27. The van der Waals surface area contributed by atoms with E-state index in [1.165, 1.54) is 37.7 Å². The van der Waals surface area contributed by atoms with E-state index >= 15 is 0 Å². The Morgan fingerprint density at radius 3 is 2.44 bits per heavy atom. The summed E-state index contributed by atoms with van der Waals surface area (Å²) in [7, 11) is 1.87. The zero-order valence-corrected chi connectivity index (χ0v) is 19.1. The fourth-order valence-electron chi connectivity index (χ4n) is 4.15. The van der Waals surface area contributed by atoms with Crippen LogP contribution in [0.4, 0.5) is 5.69 Å². The normalized spacial score (nSPS) is 18.7. The molecule has 0 aromatic heterocycles. The molecule has 0 atom stereocenters. The van der Waals surface area contributed by atoms with Gasteiger partial charge in [0, 0.05) is 38.3 Å². The summed E-state index contributed by atoms with van der Waals surface area (Å²) in [5, 5.41) is 6.43. The van der Waals surface area contributed by atoms with Crippen LogP contribution in [0, 0.1) is 11.3 Å². The Kier molecular flexibility index (Phi) is 7.94. The van der Waals surface area contributed by atoms with Crippen molar-refractivity contribution in [2.75, 3.05) is 25.5 Å². The second-order valence-corrected chi connectivity index (χ2v) is 8.12. The van der Waals surface area contributed by atoms with E-state index in [1.807, 2.05) is 33.0 Å². The molecule has 1 aliphatic heterocycles. The molecule has 6 heteroatoms. The van der Waals surface area contributed by atoms with Gasteiger partial charge in [0.25, 0.3) is 0 Å². The third-order valence-electron chi connectivity index (χ3n) is 5.81. The molecule has 2 fully saturated rings. The Morgan fingerprint density at radius 2 is 1.85 bits per heavy atom. The Bertz CT molecular complexity index is 651. The number of carbonyl (C=O) groups is 1. The fraction of sp³-hybridized carbons (Fsp3) is 0.619. The third kappa shape index (κ3) is 5.59. The largest absolute Gasteiger partial charge is 0.352 e. The van der Waals surface area contributed by atoms with E-state index in [0.717, 1.165) is 31.3 Å². The van der Waals surface area contributed by atoms with Crippen LogP contribution in [0.2, 0.25) is 0 Å². The number of nitrogens with zero attached hydrogens (tertiary/aromatic N) is 2. The van der Waals surface area contributed by atoms with Crippen LogP contribution in [-0.4, -0.2) is 36.9 Å². The zero-order valence-electron chi connectivity index (χ0n) is 16.8. The van der Waals surface area contributed by atoms with Crippen molar-refractivity contribution in [1.29, 1.82) is 0 Å². The number of anilines is 1. The summed E-state index contributed by atoms with van der Waals surface area (Å²) >= 11 is 0. The molecule has 1 aromatic carbocycles. The molecule has 0 unspecified atom stereocenters. The number of guanidine groups is 1. The summed E-state index contributed by atoms with van der Waals surface area (Å²) in [5.74, 6) is 1.04. The predicted molar refractivity (Wildman–Crippen MR) is 123 cm³/mol. The smallest absolute Gasteiger partial charge is 0.226 e. The second-order valence-electron chi connectivity index (χ2n) is 8.12. The lowest BCUT2D eigenvalue weighted by Gasteiger charge is -2.26.